The molecule has 0 saturated carbocycles. The van der Waals surface area contributed by atoms with E-state index in [1.807, 2.05) is 45.2 Å². The lowest BCUT2D eigenvalue weighted by atomic mass is 9.87. The molecule has 1 aromatic carbocycles. The first-order valence-corrected chi connectivity index (χ1v) is 9.32. The Morgan fingerprint density at radius 2 is 2.00 bits per heavy atom. The van der Waals surface area contributed by atoms with Gasteiger partial charge in [-0.1, -0.05) is 12.1 Å². The minimum absolute atomic E-state index is 0.186. The van der Waals surface area contributed by atoms with Crippen LogP contribution in [-0.4, -0.2) is 41.0 Å². The number of hydrogen-bond acceptors (Lipinski definition) is 4. The summed E-state index contributed by atoms with van der Waals surface area (Å²) in [4.78, 5) is 15.0. The van der Waals surface area contributed by atoms with Crippen molar-refractivity contribution in [1.82, 2.24) is 4.90 Å². The number of rotatable bonds is 3. The molecule has 1 fully saturated rings. The third kappa shape index (κ3) is 5.15. The number of carbonyl (C=O) groups excluding carboxylic acids is 1. The van der Waals surface area contributed by atoms with Gasteiger partial charge in [-0.25, -0.2) is 4.79 Å². The lowest BCUT2D eigenvalue weighted by molar-refractivity contribution is 0.00764. The molecule has 1 amide bonds. The number of likely N-dealkylation sites (tertiary alicyclic amines) is 1. The number of benzene rings is 1. The smallest absolute Gasteiger partial charge is 0.410 e. The Hall–Kier alpha value is -1.20. The summed E-state index contributed by atoms with van der Waals surface area (Å²) in [5, 5.41) is 10.6. The highest BCUT2D eigenvalue weighted by atomic mass is 32.2. The lowest BCUT2D eigenvalue weighted by Crippen LogP contribution is -2.42. The van der Waals surface area contributed by atoms with E-state index < -0.39 is 11.7 Å². The van der Waals surface area contributed by atoms with E-state index >= 15 is 0 Å². The zero-order valence-corrected chi connectivity index (χ0v) is 15.2. The Morgan fingerprint density at radius 1 is 1.35 bits per heavy atom. The van der Waals surface area contributed by atoms with Crippen molar-refractivity contribution in [2.45, 2.75) is 50.2 Å². The van der Waals surface area contributed by atoms with Crippen molar-refractivity contribution < 1.29 is 14.6 Å². The molecule has 128 valence electrons. The molecular formula is C18H27NO3S. The number of carbonyl (C=O) groups is 1. The van der Waals surface area contributed by atoms with Gasteiger partial charge in [-0.05, 0) is 63.5 Å². The largest absolute Gasteiger partial charge is 0.444 e. The van der Waals surface area contributed by atoms with E-state index in [-0.39, 0.29) is 12.0 Å². The third-order valence-corrected chi connectivity index (χ3v) is 4.80. The molecule has 1 saturated heterocycles. The van der Waals surface area contributed by atoms with Crippen molar-refractivity contribution in [3.8, 4) is 0 Å². The average Bonchev–Trinajstić information content (AvgIpc) is 2.53. The van der Waals surface area contributed by atoms with Gasteiger partial charge < -0.3 is 14.7 Å². The molecular weight excluding hydrogens is 310 g/mol. The first kappa shape index (κ1) is 18.1. The van der Waals surface area contributed by atoms with E-state index in [0.717, 1.165) is 23.3 Å². The maximum atomic E-state index is 12.1. The quantitative estimate of drug-likeness (QED) is 0.844. The number of aliphatic hydroxyl groups excluding tert-OH is 1. The maximum Gasteiger partial charge on any atom is 0.410 e. The van der Waals surface area contributed by atoms with Crippen LogP contribution in [-0.2, 0) is 4.74 Å². The second kappa shape index (κ2) is 7.58. The molecule has 1 aliphatic rings. The highest BCUT2D eigenvalue weighted by molar-refractivity contribution is 7.98. The minimum Gasteiger partial charge on any atom is -0.444 e. The van der Waals surface area contributed by atoms with Crippen LogP contribution in [0.2, 0.25) is 0 Å². The van der Waals surface area contributed by atoms with Gasteiger partial charge in [-0.3, -0.25) is 0 Å². The van der Waals surface area contributed by atoms with E-state index in [0.29, 0.717) is 13.1 Å². The highest BCUT2D eigenvalue weighted by Crippen LogP contribution is 2.32. The Kier molecular flexibility index (Phi) is 5.98. The van der Waals surface area contributed by atoms with E-state index in [4.69, 9.17) is 4.74 Å². The van der Waals surface area contributed by atoms with Gasteiger partial charge in [0, 0.05) is 18.0 Å². The summed E-state index contributed by atoms with van der Waals surface area (Å²) in [7, 11) is 0. The maximum absolute atomic E-state index is 12.1. The van der Waals surface area contributed by atoms with Gasteiger partial charge in [0.25, 0.3) is 0 Å². The Bertz CT molecular complexity index is 533. The fourth-order valence-corrected chi connectivity index (χ4v) is 3.29. The molecule has 1 heterocycles. The van der Waals surface area contributed by atoms with Crippen molar-refractivity contribution in [3.63, 3.8) is 0 Å². The molecule has 0 aromatic heterocycles. The van der Waals surface area contributed by atoms with E-state index in [1.165, 1.54) is 0 Å². The summed E-state index contributed by atoms with van der Waals surface area (Å²) in [6, 6.07) is 8.06. The zero-order chi connectivity index (χ0) is 17.0. The number of hydrogen-bond donors (Lipinski definition) is 1. The van der Waals surface area contributed by atoms with Gasteiger partial charge in [0.15, 0.2) is 0 Å². The van der Waals surface area contributed by atoms with Crippen molar-refractivity contribution in [2.75, 3.05) is 19.3 Å². The average molecular weight is 337 g/mol. The second-order valence-electron chi connectivity index (χ2n) is 7.03. The zero-order valence-electron chi connectivity index (χ0n) is 14.4. The summed E-state index contributed by atoms with van der Waals surface area (Å²) in [6.07, 6.45) is 2.90. The van der Waals surface area contributed by atoms with Gasteiger partial charge in [0.1, 0.15) is 5.60 Å². The van der Waals surface area contributed by atoms with Crippen LogP contribution in [0.3, 0.4) is 0 Å². The fourth-order valence-electron chi connectivity index (χ4n) is 2.82. The first-order chi connectivity index (χ1) is 10.8. The first-order valence-electron chi connectivity index (χ1n) is 8.10. The SMILES string of the molecule is CSc1cccc(C(O)C2CCN(C(=O)OC(C)(C)C)CC2)c1. The Morgan fingerprint density at radius 3 is 2.57 bits per heavy atom. The van der Waals surface area contributed by atoms with Crippen LogP contribution in [0.4, 0.5) is 4.79 Å². The molecule has 2 rings (SSSR count). The molecule has 1 unspecified atom stereocenters. The monoisotopic (exact) mass is 337 g/mol. The lowest BCUT2D eigenvalue weighted by Gasteiger charge is -2.35. The predicted molar refractivity (Wildman–Crippen MR) is 93.7 cm³/mol. The van der Waals surface area contributed by atoms with Gasteiger partial charge in [0.2, 0.25) is 0 Å². The number of aliphatic hydroxyl groups is 1. The molecule has 0 aliphatic carbocycles. The van der Waals surface area contributed by atoms with Crippen LogP contribution in [0.25, 0.3) is 0 Å². The van der Waals surface area contributed by atoms with Gasteiger partial charge >= 0.3 is 6.09 Å². The van der Waals surface area contributed by atoms with Crippen molar-refractivity contribution >= 4 is 17.9 Å². The number of piperidine rings is 1. The molecule has 1 aromatic rings. The molecule has 0 radical (unpaired) electrons. The topological polar surface area (TPSA) is 49.8 Å². The highest BCUT2D eigenvalue weighted by Gasteiger charge is 2.30. The summed E-state index contributed by atoms with van der Waals surface area (Å²) in [5.41, 5.74) is 0.499. The normalized spacial score (nSPS) is 17.9. The van der Waals surface area contributed by atoms with Gasteiger partial charge in [0.05, 0.1) is 6.10 Å². The van der Waals surface area contributed by atoms with Crippen LogP contribution < -0.4 is 0 Å². The third-order valence-electron chi connectivity index (χ3n) is 4.07. The molecule has 1 atom stereocenters. The van der Waals surface area contributed by atoms with Crippen molar-refractivity contribution in [1.29, 1.82) is 0 Å². The summed E-state index contributed by atoms with van der Waals surface area (Å²) in [5.74, 6) is 0.186. The van der Waals surface area contributed by atoms with Crippen LogP contribution in [0.5, 0.6) is 0 Å². The number of ether oxygens (including phenoxy) is 1. The second-order valence-corrected chi connectivity index (χ2v) is 7.91. The van der Waals surface area contributed by atoms with E-state index in [1.54, 1.807) is 16.7 Å². The standard InChI is InChI=1S/C18H27NO3S/c1-18(2,3)22-17(21)19-10-8-13(9-11-19)16(20)14-6-5-7-15(12-14)23-4/h5-7,12-13,16,20H,8-11H2,1-4H3. The minimum atomic E-state index is -0.470. The Balaban J connectivity index is 1.92. The van der Waals surface area contributed by atoms with Crippen LogP contribution in [0, 0.1) is 5.92 Å². The molecule has 23 heavy (non-hydrogen) atoms. The van der Waals surface area contributed by atoms with E-state index in [9.17, 15) is 9.90 Å². The van der Waals surface area contributed by atoms with Crippen molar-refractivity contribution in [2.24, 2.45) is 5.92 Å². The molecule has 4 nitrogen and oxygen atoms in total. The summed E-state index contributed by atoms with van der Waals surface area (Å²) < 4.78 is 5.41. The predicted octanol–water partition coefficient (Wildman–Crippen LogP) is 4.09. The molecule has 0 bridgehead atoms. The summed E-state index contributed by atoms with van der Waals surface area (Å²) in [6.45, 7) is 6.90. The molecule has 5 heteroatoms. The van der Waals surface area contributed by atoms with Crippen LogP contribution in [0.1, 0.15) is 45.3 Å². The van der Waals surface area contributed by atoms with Crippen molar-refractivity contribution in [3.05, 3.63) is 29.8 Å². The number of nitrogens with zero attached hydrogens (tertiary/aromatic N) is 1. The van der Waals surface area contributed by atoms with E-state index in [2.05, 4.69) is 6.07 Å². The summed E-state index contributed by atoms with van der Waals surface area (Å²) >= 11 is 1.68. The Labute approximate surface area is 143 Å². The van der Waals surface area contributed by atoms with Crippen LogP contribution >= 0.6 is 11.8 Å². The van der Waals surface area contributed by atoms with Gasteiger partial charge in [-0.15, -0.1) is 11.8 Å². The molecule has 1 N–H and O–H groups in total. The van der Waals surface area contributed by atoms with Gasteiger partial charge in [-0.2, -0.15) is 0 Å². The molecule has 0 spiro atoms. The fraction of sp³-hybridized carbons (Fsp3) is 0.611. The number of amides is 1. The van der Waals surface area contributed by atoms with Crippen LogP contribution in [0.15, 0.2) is 29.2 Å². The molecule has 1 aliphatic heterocycles. The number of thioether (sulfide) groups is 1.